The normalized spacial score (nSPS) is 11.9. The van der Waals surface area contributed by atoms with E-state index in [4.69, 9.17) is 14.2 Å². The van der Waals surface area contributed by atoms with E-state index >= 15 is 0 Å². The van der Waals surface area contributed by atoms with Gasteiger partial charge in [-0.05, 0) is 25.2 Å². The predicted octanol–water partition coefficient (Wildman–Crippen LogP) is 15.9. The molecule has 0 aromatic rings. The summed E-state index contributed by atoms with van der Waals surface area (Å²) < 4.78 is 16.8. The first kappa shape index (κ1) is 54.4. The second kappa shape index (κ2) is 44.5. The molecule has 0 amide bonds. The molecule has 0 aliphatic rings. The van der Waals surface area contributed by atoms with Gasteiger partial charge in [0.05, 0.1) is 0 Å². The average molecular weight is 793 g/mol. The van der Waals surface area contributed by atoms with Crippen LogP contribution in [0.25, 0.3) is 0 Å². The van der Waals surface area contributed by atoms with Gasteiger partial charge in [0.25, 0.3) is 0 Å². The second-order valence-electron chi connectivity index (χ2n) is 17.6. The maximum absolute atomic E-state index is 12.7. The summed E-state index contributed by atoms with van der Waals surface area (Å²) in [6, 6.07) is 0. The minimum absolute atomic E-state index is 0.0635. The van der Waals surface area contributed by atoms with E-state index in [1.807, 2.05) is 0 Å². The van der Waals surface area contributed by atoms with Crippen molar-refractivity contribution in [1.82, 2.24) is 0 Å². The van der Waals surface area contributed by atoms with Gasteiger partial charge in [-0.1, -0.05) is 240 Å². The smallest absolute Gasteiger partial charge is 0.306 e. The summed E-state index contributed by atoms with van der Waals surface area (Å²) in [6.07, 6.45) is 45.2. The summed E-state index contributed by atoms with van der Waals surface area (Å²) in [7, 11) is 0. The van der Waals surface area contributed by atoms with Gasteiger partial charge in [-0.2, -0.15) is 0 Å². The minimum Gasteiger partial charge on any atom is -0.462 e. The molecule has 6 heteroatoms. The van der Waals surface area contributed by atoms with Crippen LogP contribution in [0.2, 0.25) is 0 Å². The van der Waals surface area contributed by atoms with Crippen LogP contribution in [0.4, 0.5) is 0 Å². The third kappa shape index (κ3) is 43.5. The minimum atomic E-state index is -0.760. The summed E-state index contributed by atoms with van der Waals surface area (Å²) in [5.41, 5.74) is 0. The monoisotopic (exact) mass is 793 g/mol. The summed E-state index contributed by atoms with van der Waals surface area (Å²) in [5.74, 6) is -0.0688. The topological polar surface area (TPSA) is 78.9 Å². The van der Waals surface area contributed by atoms with E-state index in [9.17, 15) is 14.4 Å². The Morgan fingerprint density at radius 2 is 0.589 bits per heavy atom. The third-order valence-corrected chi connectivity index (χ3v) is 11.3. The highest BCUT2D eigenvalue weighted by Crippen LogP contribution is 2.17. The van der Waals surface area contributed by atoms with Crippen LogP contribution in [0.15, 0.2) is 0 Å². The number of carbonyl (C=O) groups is 3. The van der Waals surface area contributed by atoms with Crippen LogP contribution < -0.4 is 0 Å². The molecule has 332 valence electrons. The van der Waals surface area contributed by atoms with Crippen LogP contribution in [0.1, 0.15) is 278 Å². The van der Waals surface area contributed by atoms with E-state index in [0.717, 1.165) is 63.7 Å². The Bertz CT molecular complexity index is 841. The Morgan fingerprint density at radius 3 is 0.875 bits per heavy atom. The molecule has 0 aromatic heterocycles. The van der Waals surface area contributed by atoms with Gasteiger partial charge in [0.2, 0.25) is 0 Å². The van der Waals surface area contributed by atoms with Gasteiger partial charge in [0.1, 0.15) is 13.2 Å². The van der Waals surface area contributed by atoms with Crippen molar-refractivity contribution >= 4 is 17.9 Å². The van der Waals surface area contributed by atoms with E-state index in [1.54, 1.807) is 0 Å². The molecule has 6 nitrogen and oxygen atoms in total. The van der Waals surface area contributed by atoms with Crippen LogP contribution >= 0.6 is 0 Å². The summed E-state index contributed by atoms with van der Waals surface area (Å²) >= 11 is 0. The zero-order chi connectivity index (χ0) is 41.0. The number of esters is 3. The quantitative estimate of drug-likeness (QED) is 0.0347. The van der Waals surface area contributed by atoms with Gasteiger partial charge in [0, 0.05) is 19.3 Å². The predicted molar refractivity (Wildman–Crippen MR) is 238 cm³/mol. The molecule has 0 unspecified atom stereocenters. The molecule has 0 heterocycles. The molecule has 0 fully saturated rings. The third-order valence-electron chi connectivity index (χ3n) is 11.3. The lowest BCUT2D eigenvalue weighted by molar-refractivity contribution is -0.167. The maximum Gasteiger partial charge on any atom is 0.306 e. The molecular formula is C50H96O6. The Morgan fingerprint density at radius 1 is 0.339 bits per heavy atom. The highest BCUT2D eigenvalue weighted by molar-refractivity contribution is 5.71. The average Bonchev–Trinajstić information content (AvgIpc) is 3.18. The number of rotatable bonds is 45. The van der Waals surface area contributed by atoms with Crippen LogP contribution in [-0.4, -0.2) is 37.2 Å². The van der Waals surface area contributed by atoms with Crippen molar-refractivity contribution in [3.63, 3.8) is 0 Å². The number of ether oxygens (including phenoxy) is 3. The molecule has 0 saturated heterocycles. The standard InChI is InChI=1S/C50H96O6/c1-5-7-9-11-13-15-17-19-20-21-22-24-25-29-33-37-41-48(51)54-44-47(45-55-49(52)42-38-34-31-27-28-32-36-40-46(3)4)56-50(53)43-39-35-30-26-23-18-16-14-12-10-8-6-2/h46-47H,5-45H2,1-4H3/t47-/m0/s1. The lowest BCUT2D eigenvalue weighted by atomic mass is 10.0. The van der Waals surface area contributed by atoms with Gasteiger partial charge < -0.3 is 14.2 Å². The Labute approximate surface area is 348 Å². The van der Waals surface area contributed by atoms with Crippen molar-refractivity contribution in [1.29, 1.82) is 0 Å². The van der Waals surface area contributed by atoms with Crippen LogP contribution in [-0.2, 0) is 28.6 Å². The molecule has 0 bridgehead atoms. The number of hydrogen-bond donors (Lipinski definition) is 0. The Hall–Kier alpha value is -1.59. The maximum atomic E-state index is 12.7. The van der Waals surface area contributed by atoms with Crippen LogP contribution in [0.3, 0.4) is 0 Å². The molecule has 0 spiro atoms. The van der Waals surface area contributed by atoms with Crippen molar-refractivity contribution < 1.29 is 28.6 Å². The molecule has 0 saturated carbocycles. The van der Waals surface area contributed by atoms with Gasteiger partial charge in [0.15, 0.2) is 6.10 Å². The van der Waals surface area contributed by atoms with Crippen molar-refractivity contribution in [3.8, 4) is 0 Å². The molecular weight excluding hydrogens is 697 g/mol. The fourth-order valence-electron chi connectivity index (χ4n) is 7.51. The van der Waals surface area contributed by atoms with Crippen molar-refractivity contribution in [2.75, 3.05) is 13.2 Å². The highest BCUT2D eigenvalue weighted by atomic mass is 16.6. The first-order valence-corrected chi connectivity index (χ1v) is 24.9. The zero-order valence-corrected chi connectivity index (χ0v) is 38.1. The molecule has 0 radical (unpaired) electrons. The molecule has 56 heavy (non-hydrogen) atoms. The van der Waals surface area contributed by atoms with E-state index in [-0.39, 0.29) is 31.1 Å². The van der Waals surface area contributed by atoms with Crippen molar-refractivity contribution in [2.45, 2.75) is 284 Å². The van der Waals surface area contributed by atoms with E-state index in [2.05, 4.69) is 27.7 Å². The molecule has 0 aromatic carbocycles. The molecule has 0 N–H and O–H groups in total. The first-order valence-electron chi connectivity index (χ1n) is 24.9. The van der Waals surface area contributed by atoms with E-state index in [1.165, 1.54) is 173 Å². The molecule has 0 rings (SSSR count). The van der Waals surface area contributed by atoms with Crippen molar-refractivity contribution in [3.05, 3.63) is 0 Å². The SMILES string of the molecule is CCCCCCCCCCCCCCCCCCC(=O)OC[C@@H](COC(=O)CCCCCCCCCC(C)C)OC(=O)CCCCCCCCCCCCCC. The summed E-state index contributed by atoms with van der Waals surface area (Å²) in [6.45, 7) is 8.97. The lowest BCUT2D eigenvalue weighted by Crippen LogP contribution is -2.30. The number of carbonyl (C=O) groups excluding carboxylic acids is 3. The van der Waals surface area contributed by atoms with Crippen LogP contribution in [0.5, 0.6) is 0 Å². The Balaban J connectivity index is 4.28. The van der Waals surface area contributed by atoms with Gasteiger partial charge in [-0.25, -0.2) is 0 Å². The molecule has 1 atom stereocenters. The fraction of sp³-hybridized carbons (Fsp3) is 0.940. The van der Waals surface area contributed by atoms with Gasteiger partial charge >= 0.3 is 17.9 Å². The summed E-state index contributed by atoms with van der Waals surface area (Å²) in [4.78, 5) is 37.8. The zero-order valence-electron chi connectivity index (χ0n) is 38.1. The second-order valence-corrected chi connectivity index (χ2v) is 17.6. The van der Waals surface area contributed by atoms with E-state index in [0.29, 0.717) is 19.3 Å². The lowest BCUT2D eigenvalue weighted by Gasteiger charge is -2.18. The highest BCUT2D eigenvalue weighted by Gasteiger charge is 2.19. The van der Waals surface area contributed by atoms with Crippen molar-refractivity contribution in [2.24, 2.45) is 5.92 Å². The van der Waals surface area contributed by atoms with Crippen LogP contribution in [0, 0.1) is 5.92 Å². The first-order chi connectivity index (χ1) is 27.4. The fourth-order valence-corrected chi connectivity index (χ4v) is 7.51. The largest absolute Gasteiger partial charge is 0.462 e. The van der Waals surface area contributed by atoms with Gasteiger partial charge in [-0.3, -0.25) is 14.4 Å². The Kier molecular flexibility index (Phi) is 43.2. The van der Waals surface area contributed by atoms with Gasteiger partial charge in [-0.15, -0.1) is 0 Å². The number of hydrogen-bond acceptors (Lipinski definition) is 6. The summed E-state index contributed by atoms with van der Waals surface area (Å²) in [5, 5.41) is 0. The molecule has 0 aliphatic heterocycles. The number of unbranched alkanes of at least 4 members (excludes halogenated alkanes) is 32. The van der Waals surface area contributed by atoms with E-state index < -0.39 is 6.10 Å². The molecule has 0 aliphatic carbocycles.